The third kappa shape index (κ3) is 3.64. The maximum Gasteiger partial charge on any atom is 0.138 e. The molecule has 4 rings (SSSR count). The van der Waals surface area contributed by atoms with Crippen molar-refractivity contribution in [2.75, 3.05) is 0 Å². The van der Waals surface area contributed by atoms with Crippen LogP contribution in [0, 0.1) is 0 Å². The second-order valence-electron chi connectivity index (χ2n) is 5.55. The standard InChI is InChI=1S/C20H13Cl2NOS/c21-15-8-9-18(16(22)11-15)24-12-13-4-3-5-14(10-13)20-23-17-6-1-2-7-19(17)25-20/h1-11H,12H2. The molecule has 0 fully saturated rings. The van der Waals surface area contributed by atoms with Crippen molar-refractivity contribution in [2.24, 2.45) is 0 Å². The minimum absolute atomic E-state index is 0.431. The summed E-state index contributed by atoms with van der Waals surface area (Å²) in [5.74, 6) is 0.622. The number of hydrogen-bond acceptors (Lipinski definition) is 3. The van der Waals surface area contributed by atoms with Crippen molar-refractivity contribution in [1.82, 2.24) is 4.98 Å². The monoisotopic (exact) mass is 385 g/mol. The Labute approximate surface area is 159 Å². The SMILES string of the molecule is Clc1ccc(OCc2cccc(-c3nc4ccccc4s3)c2)c(Cl)c1. The smallest absolute Gasteiger partial charge is 0.138 e. The van der Waals surface area contributed by atoms with Crippen molar-refractivity contribution in [1.29, 1.82) is 0 Å². The number of para-hydroxylation sites is 1. The van der Waals surface area contributed by atoms with Crippen molar-refractivity contribution in [3.63, 3.8) is 0 Å². The molecule has 1 aromatic heterocycles. The van der Waals surface area contributed by atoms with E-state index >= 15 is 0 Å². The molecule has 0 spiro atoms. The lowest BCUT2D eigenvalue weighted by molar-refractivity contribution is 0.306. The van der Waals surface area contributed by atoms with Gasteiger partial charge in [0.25, 0.3) is 0 Å². The molecule has 0 radical (unpaired) electrons. The number of thiazole rings is 1. The first-order valence-electron chi connectivity index (χ1n) is 7.72. The van der Waals surface area contributed by atoms with Gasteiger partial charge in [0.05, 0.1) is 15.2 Å². The first kappa shape index (κ1) is 16.4. The molecule has 25 heavy (non-hydrogen) atoms. The Morgan fingerprint density at radius 1 is 0.920 bits per heavy atom. The average Bonchev–Trinajstić information content (AvgIpc) is 3.05. The number of halogens is 2. The lowest BCUT2D eigenvalue weighted by Crippen LogP contribution is -1.96. The number of fused-ring (bicyclic) bond motifs is 1. The molecule has 124 valence electrons. The predicted octanol–water partition coefficient (Wildman–Crippen LogP) is 6.85. The number of nitrogens with zero attached hydrogens (tertiary/aromatic N) is 1. The van der Waals surface area contributed by atoms with Crippen LogP contribution in [0.5, 0.6) is 5.75 Å². The summed E-state index contributed by atoms with van der Waals surface area (Å²) >= 11 is 13.8. The van der Waals surface area contributed by atoms with E-state index in [1.54, 1.807) is 29.5 Å². The highest BCUT2D eigenvalue weighted by molar-refractivity contribution is 7.21. The van der Waals surface area contributed by atoms with E-state index in [4.69, 9.17) is 32.9 Å². The molecule has 2 nitrogen and oxygen atoms in total. The third-order valence-electron chi connectivity index (χ3n) is 3.76. The Morgan fingerprint density at radius 2 is 1.80 bits per heavy atom. The highest BCUT2D eigenvalue weighted by atomic mass is 35.5. The molecule has 3 aromatic carbocycles. The zero-order valence-corrected chi connectivity index (χ0v) is 15.4. The summed E-state index contributed by atoms with van der Waals surface area (Å²) in [6.07, 6.45) is 0. The van der Waals surface area contributed by atoms with Gasteiger partial charge in [-0.3, -0.25) is 0 Å². The van der Waals surface area contributed by atoms with E-state index in [0.717, 1.165) is 21.7 Å². The van der Waals surface area contributed by atoms with Gasteiger partial charge in [0.2, 0.25) is 0 Å². The molecule has 0 saturated carbocycles. The summed E-state index contributed by atoms with van der Waals surface area (Å²) in [6, 6.07) is 21.6. The van der Waals surface area contributed by atoms with Crippen LogP contribution in [0.4, 0.5) is 0 Å². The summed E-state index contributed by atoms with van der Waals surface area (Å²) in [7, 11) is 0. The van der Waals surface area contributed by atoms with E-state index in [-0.39, 0.29) is 0 Å². The van der Waals surface area contributed by atoms with Gasteiger partial charge in [-0.15, -0.1) is 11.3 Å². The van der Waals surface area contributed by atoms with Crippen LogP contribution in [0.1, 0.15) is 5.56 Å². The third-order valence-corrected chi connectivity index (χ3v) is 5.37. The van der Waals surface area contributed by atoms with Crippen LogP contribution in [0.15, 0.2) is 66.7 Å². The largest absolute Gasteiger partial charge is 0.487 e. The molecule has 0 saturated heterocycles. The molecule has 0 amide bonds. The van der Waals surface area contributed by atoms with Crippen molar-refractivity contribution >= 4 is 44.8 Å². The molecule has 0 N–H and O–H groups in total. The normalized spacial score (nSPS) is 11.0. The number of benzene rings is 3. The lowest BCUT2D eigenvalue weighted by atomic mass is 10.1. The molecule has 0 aliphatic carbocycles. The van der Waals surface area contributed by atoms with Crippen LogP contribution in [0.3, 0.4) is 0 Å². The minimum Gasteiger partial charge on any atom is -0.487 e. The fourth-order valence-electron chi connectivity index (χ4n) is 2.54. The first-order chi connectivity index (χ1) is 12.2. The van der Waals surface area contributed by atoms with E-state index in [2.05, 4.69) is 18.2 Å². The quantitative estimate of drug-likeness (QED) is 0.383. The maximum absolute atomic E-state index is 6.15. The number of aromatic nitrogens is 1. The highest BCUT2D eigenvalue weighted by Gasteiger charge is 2.08. The summed E-state index contributed by atoms with van der Waals surface area (Å²) in [6.45, 7) is 0.431. The molecule has 0 bridgehead atoms. The van der Waals surface area contributed by atoms with Crippen LogP contribution in [0.25, 0.3) is 20.8 Å². The van der Waals surface area contributed by atoms with Crippen molar-refractivity contribution in [3.8, 4) is 16.3 Å². The van der Waals surface area contributed by atoms with Crippen LogP contribution < -0.4 is 4.74 Å². The topological polar surface area (TPSA) is 22.1 Å². The van der Waals surface area contributed by atoms with Gasteiger partial charge in [0.15, 0.2) is 0 Å². The number of hydrogen-bond donors (Lipinski definition) is 0. The van der Waals surface area contributed by atoms with Gasteiger partial charge >= 0.3 is 0 Å². The molecule has 1 heterocycles. The Kier molecular flexibility index (Phi) is 4.62. The molecule has 0 aliphatic heterocycles. The zero-order chi connectivity index (χ0) is 17.2. The van der Waals surface area contributed by atoms with Crippen molar-refractivity contribution in [2.45, 2.75) is 6.61 Å². The first-order valence-corrected chi connectivity index (χ1v) is 9.29. The number of rotatable bonds is 4. The van der Waals surface area contributed by atoms with Crippen LogP contribution >= 0.6 is 34.5 Å². The minimum atomic E-state index is 0.431. The summed E-state index contributed by atoms with van der Waals surface area (Å²) < 4.78 is 7.01. The van der Waals surface area contributed by atoms with Gasteiger partial charge in [-0.25, -0.2) is 4.98 Å². The van der Waals surface area contributed by atoms with Gasteiger partial charge in [-0.05, 0) is 42.0 Å². The molecule has 0 unspecified atom stereocenters. The van der Waals surface area contributed by atoms with E-state index in [1.165, 1.54) is 4.70 Å². The van der Waals surface area contributed by atoms with Crippen molar-refractivity contribution in [3.05, 3.63) is 82.3 Å². The predicted molar refractivity (Wildman–Crippen MR) is 106 cm³/mol. The Balaban J connectivity index is 1.56. The van der Waals surface area contributed by atoms with E-state index < -0.39 is 0 Å². The molecule has 4 aromatic rings. The summed E-state index contributed by atoms with van der Waals surface area (Å²) in [5, 5.41) is 2.11. The number of ether oxygens (including phenoxy) is 1. The Bertz CT molecular complexity index is 1010. The van der Waals surface area contributed by atoms with E-state index in [9.17, 15) is 0 Å². The molecule has 0 aliphatic rings. The van der Waals surface area contributed by atoms with Crippen LogP contribution in [-0.4, -0.2) is 4.98 Å². The van der Waals surface area contributed by atoms with Gasteiger partial charge < -0.3 is 4.74 Å². The highest BCUT2D eigenvalue weighted by Crippen LogP contribution is 2.31. The Morgan fingerprint density at radius 3 is 2.64 bits per heavy atom. The van der Waals surface area contributed by atoms with Crippen LogP contribution in [0.2, 0.25) is 10.0 Å². The van der Waals surface area contributed by atoms with Crippen molar-refractivity contribution < 1.29 is 4.74 Å². The molecular formula is C20H13Cl2NOS. The molecule has 5 heteroatoms. The molecule has 0 atom stereocenters. The summed E-state index contributed by atoms with van der Waals surface area (Å²) in [4.78, 5) is 4.71. The van der Waals surface area contributed by atoms with Gasteiger partial charge in [0, 0.05) is 10.6 Å². The van der Waals surface area contributed by atoms with E-state index in [0.29, 0.717) is 22.4 Å². The fourth-order valence-corrected chi connectivity index (χ4v) is 3.97. The average molecular weight is 386 g/mol. The maximum atomic E-state index is 6.15. The van der Waals surface area contributed by atoms with Gasteiger partial charge in [-0.2, -0.15) is 0 Å². The lowest BCUT2D eigenvalue weighted by Gasteiger charge is -2.09. The van der Waals surface area contributed by atoms with Gasteiger partial charge in [-0.1, -0.05) is 53.5 Å². The van der Waals surface area contributed by atoms with Crippen LogP contribution in [-0.2, 0) is 6.61 Å². The Hall–Kier alpha value is -2.07. The molecular weight excluding hydrogens is 373 g/mol. The zero-order valence-electron chi connectivity index (χ0n) is 13.1. The second kappa shape index (κ2) is 7.04. The van der Waals surface area contributed by atoms with Gasteiger partial charge in [0.1, 0.15) is 17.4 Å². The summed E-state index contributed by atoms with van der Waals surface area (Å²) in [5.41, 5.74) is 3.17. The van der Waals surface area contributed by atoms with E-state index in [1.807, 2.05) is 30.3 Å². The second-order valence-corrected chi connectivity index (χ2v) is 7.42. The fraction of sp³-hybridized carbons (Fsp3) is 0.0500.